The zero-order chi connectivity index (χ0) is 15.4. The van der Waals surface area contributed by atoms with E-state index in [1.54, 1.807) is 19.5 Å². The molecular weight excluding hydrogens is 268 g/mol. The predicted molar refractivity (Wildman–Crippen MR) is 79.7 cm³/mol. The van der Waals surface area contributed by atoms with E-state index in [9.17, 15) is 0 Å². The van der Waals surface area contributed by atoms with E-state index >= 15 is 0 Å². The van der Waals surface area contributed by atoms with Crippen LogP contribution < -0.4 is 16.0 Å². The molecule has 0 aromatic carbocycles. The van der Waals surface area contributed by atoms with Gasteiger partial charge in [-0.3, -0.25) is 20.9 Å². The van der Waals surface area contributed by atoms with Crippen molar-refractivity contribution in [3.63, 3.8) is 0 Å². The Hall–Kier alpha value is -1.99. The van der Waals surface area contributed by atoms with Crippen LogP contribution in [0, 0.1) is 13.8 Å². The summed E-state index contributed by atoms with van der Waals surface area (Å²) in [6.45, 7) is 4.10. The molecule has 21 heavy (non-hydrogen) atoms. The normalized spacial score (nSPS) is 12.4. The van der Waals surface area contributed by atoms with E-state index in [0.29, 0.717) is 5.88 Å². The van der Waals surface area contributed by atoms with Crippen LogP contribution in [-0.4, -0.2) is 26.9 Å². The number of nitrogens with one attached hydrogen (secondary N) is 1. The summed E-state index contributed by atoms with van der Waals surface area (Å²) in [7, 11) is 3.53. The van der Waals surface area contributed by atoms with E-state index in [-0.39, 0.29) is 6.04 Å². The van der Waals surface area contributed by atoms with Gasteiger partial charge in [-0.1, -0.05) is 0 Å². The summed E-state index contributed by atoms with van der Waals surface area (Å²) in [5, 5.41) is 4.43. The minimum atomic E-state index is -0.118. The molecule has 7 heteroatoms. The largest absolute Gasteiger partial charge is 0.480 e. The Morgan fingerprint density at radius 2 is 2.05 bits per heavy atom. The molecule has 0 fully saturated rings. The third-order valence-corrected chi connectivity index (χ3v) is 3.76. The van der Waals surface area contributed by atoms with Gasteiger partial charge in [-0.15, -0.1) is 0 Å². The van der Waals surface area contributed by atoms with Crippen molar-refractivity contribution in [1.29, 1.82) is 0 Å². The van der Waals surface area contributed by atoms with E-state index in [0.717, 1.165) is 24.2 Å². The summed E-state index contributed by atoms with van der Waals surface area (Å²) >= 11 is 0. The maximum atomic E-state index is 5.68. The van der Waals surface area contributed by atoms with Crippen LogP contribution in [0.2, 0.25) is 0 Å². The Labute approximate surface area is 124 Å². The lowest BCUT2D eigenvalue weighted by Crippen LogP contribution is -2.29. The molecule has 0 aliphatic heterocycles. The van der Waals surface area contributed by atoms with Gasteiger partial charge in [-0.05, 0) is 32.3 Å². The fourth-order valence-electron chi connectivity index (χ4n) is 2.50. The molecule has 0 spiro atoms. The molecule has 1 atom stereocenters. The molecule has 2 aromatic heterocycles. The third kappa shape index (κ3) is 3.20. The predicted octanol–water partition coefficient (Wildman–Crippen LogP) is 0.973. The van der Waals surface area contributed by atoms with Crippen molar-refractivity contribution >= 4 is 0 Å². The van der Waals surface area contributed by atoms with Gasteiger partial charge in [0.15, 0.2) is 0 Å². The van der Waals surface area contributed by atoms with Crippen LogP contribution in [0.4, 0.5) is 0 Å². The molecule has 2 aromatic rings. The van der Waals surface area contributed by atoms with Crippen LogP contribution in [0.5, 0.6) is 5.88 Å². The van der Waals surface area contributed by atoms with Gasteiger partial charge in [0.05, 0.1) is 18.8 Å². The molecular formula is C14H22N6O. The summed E-state index contributed by atoms with van der Waals surface area (Å²) in [5.41, 5.74) is 7.00. The number of nitrogens with zero attached hydrogens (tertiary/aromatic N) is 4. The van der Waals surface area contributed by atoms with Crippen LogP contribution >= 0.6 is 0 Å². The maximum absolute atomic E-state index is 5.68. The van der Waals surface area contributed by atoms with E-state index < -0.39 is 0 Å². The second kappa shape index (κ2) is 6.64. The molecule has 0 saturated carbocycles. The lowest BCUT2D eigenvalue weighted by Gasteiger charge is -2.17. The lowest BCUT2D eigenvalue weighted by atomic mass is 10.0. The number of methoxy groups -OCH3 is 1. The molecule has 1 unspecified atom stereocenters. The first-order chi connectivity index (χ1) is 10.1. The van der Waals surface area contributed by atoms with Gasteiger partial charge in [0, 0.05) is 25.1 Å². The minimum Gasteiger partial charge on any atom is -0.480 e. The molecule has 0 aliphatic carbocycles. The first kappa shape index (κ1) is 15.4. The topological polar surface area (TPSA) is 90.9 Å². The van der Waals surface area contributed by atoms with E-state index in [1.807, 2.05) is 18.7 Å². The monoisotopic (exact) mass is 290 g/mol. The minimum absolute atomic E-state index is 0.118. The van der Waals surface area contributed by atoms with Gasteiger partial charge >= 0.3 is 0 Å². The zero-order valence-corrected chi connectivity index (χ0v) is 12.9. The number of nitrogens with two attached hydrogens (primary N) is 1. The Bertz CT molecular complexity index is 610. The highest BCUT2D eigenvalue weighted by atomic mass is 16.5. The smallest absolute Gasteiger partial charge is 0.237 e. The Morgan fingerprint density at radius 3 is 2.62 bits per heavy atom. The molecule has 0 amide bonds. The molecule has 0 aliphatic rings. The molecule has 0 radical (unpaired) electrons. The van der Waals surface area contributed by atoms with Crippen LogP contribution in [0.15, 0.2) is 12.4 Å². The number of rotatable bonds is 6. The second-order valence-electron chi connectivity index (χ2n) is 4.98. The molecule has 0 bridgehead atoms. The number of hydrogen-bond donors (Lipinski definition) is 2. The van der Waals surface area contributed by atoms with Crippen molar-refractivity contribution in [1.82, 2.24) is 25.2 Å². The fraction of sp³-hybridized carbons (Fsp3) is 0.500. The average Bonchev–Trinajstić information content (AvgIpc) is 2.74. The molecule has 2 rings (SSSR count). The first-order valence-electron chi connectivity index (χ1n) is 6.88. The number of aromatic nitrogens is 4. The van der Waals surface area contributed by atoms with E-state index in [2.05, 4.69) is 27.4 Å². The maximum Gasteiger partial charge on any atom is 0.237 e. The molecule has 3 N–H and O–H groups in total. The lowest BCUT2D eigenvalue weighted by molar-refractivity contribution is 0.374. The molecule has 0 saturated heterocycles. The molecule has 2 heterocycles. The number of aryl methyl sites for hydroxylation is 2. The van der Waals surface area contributed by atoms with Crippen molar-refractivity contribution in [2.75, 3.05) is 7.11 Å². The SMILES string of the molecule is COc1nccnc1C(CCc1c(C)nn(C)c1C)NN. The standard InChI is InChI=1S/C14H22N6O/c1-9-11(10(2)20(3)19-9)5-6-12(18-15)13-14(21-4)17-8-7-16-13/h7-8,12,18H,5-6,15H2,1-4H3. The fourth-order valence-corrected chi connectivity index (χ4v) is 2.50. The van der Waals surface area contributed by atoms with Crippen LogP contribution in [-0.2, 0) is 13.5 Å². The van der Waals surface area contributed by atoms with Crippen LogP contribution in [0.3, 0.4) is 0 Å². The highest BCUT2D eigenvalue weighted by molar-refractivity contribution is 5.26. The number of hydrazine groups is 1. The Balaban J connectivity index is 2.16. The first-order valence-corrected chi connectivity index (χ1v) is 6.88. The van der Waals surface area contributed by atoms with Crippen molar-refractivity contribution in [2.24, 2.45) is 12.9 Å². The molecule has 7 nitrogen and oxygen atoms in total. The quantitative estimate of drug-likeness (QED) is 0.608. The summed E-state index contributed by atoms with van der Waals surface area (Å²) in [4.78, 5) is 8.50. The summed E-state index contributed by atoms with van der Waals surface area (Å²) in [6.07, 6.45) is 4.90. The highest BCUT2D eigenvalue weighted by Crippen LogP contribution is 2.24. The van der Waals surface area contributed by atoms with Crippen molar-refractivity contribution in [3.8, 4) is 5.88 Å². The van der Waals surface area contributed by atoms with Gasteiger partial charge in [0.2, 0.25) is 5.88 Å². The van der Waals surface area contributed by atoms with Gasteiger partial charge in [0.1, 0.15) is 5.69 Å². The Morgan fingerprint density at radius 1 is 1.33 bits per heavy atom. The summed E-state index contributed by atoms with van der Waals surface area (Å²) in [6, 6.07) is -0.118. The third-order valence-electron chi connectivity index (χ3n) is 3.76. The van der Waals surface area contributed by atoms with Crippen LogP contribution in [0.25, 0.3) is 0 Å². The number of hydrogen-bond acceptors (Lipinski definition) is 6. The average molecular weight is 290 g/mol. The van der Waals surface area contributed by atoms with Gasteiger partial charge < -0.3 is 4.74 Å². The van der Waals surface area contributed by atoms with Gasteiger partial charge in [0.25, 0.3) is 0 Å². The zero-order valence-electron chi connectivity index (χ0n) is 12.9. The van der Waals surface area contributed by atoms with Gasteiger partial charge in [-0.2, -0.15) is 5.10 Å². The van der Waals surface area contributed by atoms with Crippen molar-refractivity contribution < 1.29 is 4.74 Å². The van der Waals surface area contributed by atoms with Gasteiger partial charge in [-0.25, -0.2) is 4.98 Å². The number of ether oxygens (including phenoxy) is 1. The summed E-state index contributed by atoms with van der Waals surface area (Å²) in [5.74, 6) is 6.18. The molecule has 114 valence electrons. The van der Waals surface area contributed by atoms with E-state index in [4.69, 9.17) is 10.6 Å². The van der Waals surface area contributed by atoms with Crippen LogP contribution in [0.1, 0.15) is 35.1 Å². The highest BCUT2D eigenvalue weighted by Gasteiger charge is 2.19. The van der Waals surface area contributed by atoms with Crippen molar-refractivity contribution in [3.05, 3.63) is 35.0 Å². The summed E-state index contributed by atoms with van der Waals surface area (Å²) < 4.78 is 7.15. The van der Waals surface area contributed by atoms with E-state index in [1.165, 1.54) is 11.3 Å². The Kier molecular flexibility index (Phi) is 4.87. The van der Waals surface area contributed by atoms with Crippen molar-refractivity contribution in [2.45, 2.75) is 32.7 Å². The second-order valence-corrected chi connectivity index (χ2v) is 4.98.